The topological polar surface area (TPSA) is 71.3 Å². The number of benzene rings is 2. The number of rotatable bonds is 3. The lowest BCUT2D eigenvalue weighted by atomic mass is 10.1. The SMILES string of the molecule is Cc1ccc(C)c(NC(=O)N2CCC[C@H]2c2nc(-c3ccc(F)cc3F)no2)c1. The predicted octanol–water partition coefficient (Wildman–Crippen LogP) is 5.00. The number of carbonyl (C=O) groups is 1. The average molecular weight is 398 g/mol. The van der Waals surface area contributed by atoms with Crippen molar-refractivity contribution in [1.82, 2.24) is 15.0 Å². The van der Waals surface area contributed by atoms with Crippen molar-refractivity contribution in [1.29, 1.82) is 0 Å². The summed E-state index contributed by atoms with van der Waals surface area (Å²) in [7, 11) is 0. The van der Waals surface area contributed by atoms with Crippen LogP contribution in [0.4, 0.5) is 19.3 Å². The van der Waals surface area contributed by atoms with Crippen LogP contribution in [0.3, 0.4) is 0 Å². The van der Waals surface area contributed by atoms with Gasteiger partial charge in [-0.3, -0.25) is 0 Å². The van der Waals surface area contributed by atoms with Gasteiger partial charge in [-0.2, -0.15) is 4.98 Å². The van der Waals surface area contributed by atoms with Crippen molar-refractivity contribution in [3.8, 4) is 11.4 Å². The molecular weight excluding hydrogens is 378 g/mol. The highest BCUT2D eigenvalue weighted by atomic mass is 19.1. The number of aromatic nitrogens is 2. The van der Waals surface area contributed by atoms with Crippen LogP contribution < -0.4 is 5.32 Å². The van der Waals surface area contributed by atoms with Gasteiger partial charge in [0.15, 0.2) is 0 Å². The van der Waals surface area contributed by atoms with E-state index < -0.39 is 17.7 Å². The Morgan fingerprint density at radius 3 is 2.83 bits per heavy atom. The van der Waals surface area contributed by atoms with Crippen molar-refractivity contribution in [2.45, 2.75) is 32.7 Å². The zero-order valence-electron chi connectivity index (χ0n) is 16.1. The summed E-state index contributed by atoms with van der Waals surface area (Å²) in [4.78, 5) is 18.8. The van der Waals surface area contributed by atoms with Gasteiger partial charge in [-0.05, 0) is 56.0 Å². The van der Waals surface area contributed by atoms with Gasteiger partial charge in [0.25, 0.3) is 0 Å². The summed E-state index contributed by atoms with van der Waals surface area (Å²) < 4.78 is 32.5. The first-order valence-electron chi connectivity index (χ1n) is 9.36. The van der Waals surface area contributed by atoms with Crippen molar-refractivity contribution in [2.24, 2.45) is 0 Å². The number of aryl methyl sites for hydroxylation is 2. The zero-order valence-corrected chi connectivity index (χ0v) is 16.1. The molecule has 2 heterocycles. The maximum Gasteiger partial charge on any atom is 0.322 e. The molecule has 4 rings (SSSR count). The summed E-state index contributed by atoms with van der Waals surface area (Å²) >= 11 is 0. The lowest BCUT2D eigenvalue weighted by molar-refractivity contribution is 0.193. The van der Waals surface area contributed by atoms with Gasteiger partial charge >= 0.3 is 6.03 Å². The van der Waals surface area contributed by atoms with Crippen LogP contribution in [0.2, 0.25) is 0 Å². The number of hydrogen-bond donors (Lipinski definition) is 1. The van der Waals surface area contributed by atoms with E-state index in [9.17, 15) is 13.6 Å². The first kappa shape index (κ1) is 19.0. The van der Waals surface area contributed by atoms with Crippen LogP contribution in [0.15, 0.2) is 40.9 Å². The van der Waals surface area contributed by atoms with E-state index in [-0.39, 0.29) is 23.3 Å². The minimum Gasteiger partial charge on any atom is -0.337 e. The van der Waals surface area contributed by atoms with E-state index in [0.29, 0.717) is 13.0 Å². The van der Waals surface area contributed by atoms with Crippen LogP contribution >= 0.6 is 0 Å². The first-order chi connectivity index (χ1) is 13.9. The van der Waals surface area contributed by atoms with Gasteiger partial charge in [-0.25, -0.2) is 13.6 Å². The smallest absolute Gasteiger partial charge is 0.322 e. The molecule has 1 aromatic heterocycles. The van der Waals surface area contributed by atoms with E-state index in [1.165, 1.54) is 6.07 Å². The molecule has 0 saturated carbocycles. The Morgan fingerprint density at radius 1 is 1.21 bits per heavy atom. The van der Waals surface area contributed by atoms with Crippen LogP contribution in [0, 0.1) is 25.5 Å². The number of halogens is 2. The second kappa shape index (κ2) is 7.62. The Morgan fingerprint density at radius 2 is 2.03 bits per heavy atom. The molecule has 29 heavy (non-hydrogen) atoms. The Hall–Kier alpha value is -3.29. The van der Waals surface area contributed by atoms with Gasteiger partial charge < -0.3 is 14.7 Å². The molecule has 2 amide bonds. The Kier molecular flexibility index (Phi) is 5.00. The van der Waals surface area contributed by atoms with Crippen LogP contribution in [0.25, 0.3) is 11.4 Å². The second-order valence-electron chi connectivity index (χ2n) is 7.18. The van der Waals surface area contributed by atoms with Gasteiger partial charge in [0, 0.05) is 18.3 Å². The number of likely N-dealkylation sites (tertiary alicyclic amines) is 1. The summed E-state index contributed by atoms with van der Waals surface area (Å²) in [5, 5.41) is 6.76. The van der Waals surface area contributed by atoms with Gasteiger partial charge in [-0.15, -0.1) is 0 Å². The molecule has 0 bridgehead atoms. The molecule has 1 fully saturated rings. The Balaban J connectivity index is 1.55. The van der Waals surface area contributed by atoms with E-state index in [1.807, 2.05) is 32.0 Å². The molecule has 150 valence electrons. The first-order valence-corrected chi connectivity index (χ1v) is 9.36. The molecule has 1 aliphatic heterocycles. The molecule has 6 nitrogen and oxygen atoms in total. The fourth-order valence-corrected chi connectivity index (χ4v) is 3.47. The highest BCUT2D eigenvalue weighted by molar-refractivity contribution is 5.90. The molecule has 0 spiro atoms. The fraction of sp³-hybridized carbons (Fsp3) is 0.286. The van der Waals surface area contributed by atoms with E-state index in [0.717, 1.165) is 35.4 Å². The van der Waals surface area contributed by atoms with E-state index >= 15 is 0 Å². The molecule has 1 saturated heterocycles. The van der Waals surface area contributed by atoms with E-state index in [2.05, 4.69) is 15.5 Å². The average Bonchev–Trinajstić information content (AvgIpc) is 3.34. The standard InChI is InChI=1S/C21H20F2N4O2/c1-12-5-6-13(2)17(10-12)24-21(28)27-9-3-4-18(27)20-25-19(26-29-20)15-8-7-14(22)11-16(15)23/h5-8,10-11,18H,3-4,9H2,1-2H3,(H,24,28)/t18-/m0/s1. The summed E-state index contributed by atoms with van der Waals surface area (Å²) in [5.41, 5.74) is 2.81. The maximum atomic E-state index is 14.0. The van der Waals surface area contributed by atoms with Gasteiger partial charge in [-0.1, -0.05) is 17.3 Å². The molecule has 1 aliphatic rings. The molecule has 1 atom stereocenters. The highest BCUT2D eigenvalue weighted by Gasteiger charge is 2.34. The van der Waals surface area contributed by atoms with Gasteiger partial charge in [0.1, 0.15) is 17.7 Å². The second-order valence-corrected chi connectivity index (χ2v) is 7.18. The molecule has 0 radical (unpaired) electrons. The van der Waals surface area contributed by atoms with Crippen molar-refractivity contribution in [3.05, 3.63) is 65.1 Å². The number of nitrogens with one attached hydrogen (secondary N) is 1. The number of carbonyl (C=O) groups excluding carboxylic acids is 1. The summed E-state index contributed by atoms with van der Waals surface area (Å²) in [6, 6.07) is 8.36. The molecule has 0 unspecified atom stereocenters. The number of nitrogens with zero attached hydrogens (tertiary/aromatic N) is 3. The van der Waals surface area contributed by atoms with E-state index in [1.54, 1.807) is 4.90 Å². The van der Waals surface area contributed by atoms with Crippen LogP contribution in [0.1, 0.15) is 35.9 Å². The zero-order chi connectivity index (χ0) is 20.5. The number of anilines is 1. The van der Waals surface area contributed by atoms with Gasteiger partial charge in [0.05, 0.1) is 5.56 Å². The maximum absolute atomic E-state index is 14.0. The lowest BCUT2D eigenvalue weighted by Gasteiger charge is -2.23. The molecule has 1 N–H and O–H groups in total. The third-order valence-corrected chi connectivity index (χ3v) is 5.05. The van der Waals surface area contributed by atoms with Crippen LogP contribution in [-0.2, 0) is 0 Å². The van der Waals surface area contributed by atoms with Crippen LogP contribution in [-0.4, -0.2) is 27.6 Å². The van der Waals surface area contributed by atoms with Crippen LogP contribution in [0.5, 0.6) is 0 Å². The molecular formula is C21H20F2N4O2. The summed E-state index contributed by atoms with van der Waals surface area (Å²) in [5.74, 6) is -1.19. The molecule has 8 heteroatoms. The lowest BCUT2D eigenvalue weighted by Crippen LogP contribution is -2.34. The normalized spacial score (nSPS) is 16.3. The summed E-state index contributed by atoms with van der Waals surface area (Å²) in [6.07, 6.45) is 1.45. The molecule has 2 aromatic carbocycles. The molecule has 0 aliphatic carbocycles. The van der Waals surface area contributed by atoms with Crippen molar-refractivity contribution >= 4 is 11.7 Å². The quantitative estimate of drug-likeness (QED) is 0.674. The van der Waals surface area contributed by atoms with E-state index in [4.69, 9.17) is 4.52 Å². The third kappa shape index (κ3) is 3.83. The minimum absolute atomic E-state index is 0.0271. The summed E-state index contributed by atoms with van der Waals surface area (Å²) in [6.45, 7) is 4.43. The predicted molar refractivity (Wildman–Crippen MR) is 103 cm³/mol. The monoisotopic (exact) mass is 398 g/mol. The van der Waals surface area contributed by atoms with Gasteiger partial charge in [0.2, 0.25) is 11.7 Å². The number of hydrogen-bond acceptors (Lipinski definition) is 4. The Labute approximate surface area is 166 Å². The van der Waals surface area contributed by atoms with Crippen molar-refractivity contribution in [3.63, 3.8) is 0 Å². The fourth-order valence-electron chi connectivity index (χ4n) is 3.47. The molecule has 3 aromatic rings. The number of amides is 2. The van der Waals surface area contributed by atoms with Crippen molar-refractivity contribution < 1.29 is 18.1 Å². The largest absolute Gasteiger partial charge is 0.337 e. The highest BCUT2D eigenvalue weighted by Crippen LogP contribution is 2.33. The third-order valence-electron chi connectivity index (χ3n) is 5.05. The Bertz CT molecular complexity index is 1070. The number of urea groups is 1. The minimum atomic E-state index is -0.770. The van der Waals surface area contributed by atoms with Crippen molar-refractivity contribution in [2.75, 3.05) is 11.9 Å².